The highest BCUT2D eigenvalue weighted by Crippen LogP contribution is 2.30. The predicted molar refractivity (Wildman–Crippen MR) is 113 cm³/mol. The highest BCUT2D eigenvalue weighted by molar-refractivity contribution is 5.84. The van der Waals surface area contributed by atoms with Crippen LogP contribution in [0.1, 0.15) is 30.3 Å². The van der Waals surface area contributed by atoms with Gasteiger partial charge in [0.1, 0.15) is 11.3 Å². The summed E-state index contributed by atoms with van der Waals surface area (Å²) in [5.41, 5.74) is 2.83. The number of ether oxygens (including phenoxy) is 1. The van der Waals surface area contributed by atoms with Gasteiger partial charge >= 0.3 is 0 Å². The Morgan fingerprint density at radius 1 is 1.07 bits per heavy atom. The maximum Gasteiger partial charge on any atom is 0.249 e. The van der Waals surface area contributed by atoms with E-state index in [1.54, 1.807) is 19.5 Å². The SMILES string of the molecule is COc1cccc2ccc(CN3CCC(c4nnc(-c5cccnc5)o4)CC3)nc12. The van der Waals surface area contributed by atoms with Crippen LogP contribution < -0.4 is 4.74 Å². The van der Waals surface area contributed by atoms with Crippen LogP contribution in [0.2, 0.25) is 0 Å². The van der Waals surface area contributed by atoms with E-state index in [1.165, 1.54) is 0 Å². The highest BCUT2D eigenvalue weighted by Gasteiger charge is 2.25. The fourth-order valence-electron chi connectivity index (χ4n) is 3.99. The average Bonchev–Trinajstić information content (AvgIpc) is 3.30. The first-order valence-electron chi connectivity index (χ1n) is 10.2. The van der Waals surface area contributed by atoms with Crippen molar-refractivity contribution in [1.82, 2.24) is 25.1 Å². The number of aromatic nitrogens is 4. The van der Waals surface area contributed by atoms with Gasteiger partial charge in [-0.15, -0.1) is 10.2 Å². The zero-order valence-corrected chi connectivity index (χ0v) is 16.9. The van der Waals surface area contributed by atoms with Crippen molar-refractivity contribution in [2.75, 3.05) is 20.2 Å². The van der Waals surface area contributed by atoms with E-state index in [0.29, 0.717) is 11.8 Å². The van der Waals surface area contributed by atoms with E-state index in [1.807, 2.05) is 24.3 Å². The fraction of sp³-hybridized carbons (Fsp3) is 0.304. The average molecular weight is 401 g/mol. The Morgan fingerprint density at radius 2 is 1.97 bits per heavy atom. The number of hydrogen-bond acceptors (Lipinski definition) is 7. The lowest BCUT2D eigenvalue weighted by molar-refractivity contribution is 0.191. The molecule has 152 valence electrons. The smallest absolute Gasteiger partial charge is 0.249 e. The van der Waals surface area contributed by atoms with Crippen LogP contribution in [-0.2, 0) is 6.54 Å². The minimum absolute atomic E-state index is 0.295. The normalized spacial score (nSPS) is 15.5. The number of hydrogen-bond donors (Lipinski definition) is 0. The first kappa shape index (κ1) is 18.7. The van der Waals surface area contributed by atoms with Crippen LogP contribution in [-0.4, -0.2) is 45.3 Å². The molecule has 0 spiro atoms. The van der Waals surface area contributed by atoms with Gasteiger partial charge in [0.25, 0.3) is 0 Å². The summed E-state index contributed by atoms with van der Waals surface area (Å²) in [6.07, 6.45) is 5.46. The maximum absolute atomic E-state index is 5.93. The summed E-state index contributed by atoms with van der Waals surface area (Å²) in [7, 11) is 1.69. The van der Waals surface area contributed by atoms with Crippen LogP contribution in [0, 0.1) is 0 Å². The number of likely N-dealkylation sites (tertiary alicyclic amines) is 1. The maximum atomic E-state index is 5.93. The first-order chi connectivity index (χ1) is 14.8. The molecular weight excluding hydrogens is 378 g/mol. The zero-order chi connectivity index (χ0) is 20.3. The number of benzene rings is 1. The Bertz CT molecular complexity index is 1140. The molecule has 1 aromatic carbocycles. The molecule has 1 saturated heterocycles. The molecule has 0 bridgehead atoms. The molecule has 1 aliphatic heterocycles. The van der Waals surface area contributed by atoms with E-state index in [9.17, 15) is 0 Å². The molecule has 0 unspecified atom stereocenters. The number of methoxy groups -OCH3 is 1. The summed E-state index contributed by atoms with van der Waals surface area (Å²) in [6.45, 7) is 2.77. The molecule has 1 fully saturated rings. The molecule has 5 rings (SSSR count). The molecule has 4 heterocycles. The summed E-state index contributed by atoms with van der Waals surface area (Å²) >= 11 is 0. The molecule has 0 saturated carbocycles. The van der Waals surface area contributed by atoms with Gasteiger partial charge in [-0.25, -0.2) is 4.98 Å². The monoisotopic (exact) mass is 401 g/mol. The number of pyridine rings is 2. The minimum Gasteiger partial charge on any atom is -0.494 e. The Labute approximate surface area is 174 Å². The van der Waals surface area contributed by atoms with E-state index in [4.69, 9.17) is 14.1 Å². The number of rotatable bonds is 5. The summed E-state index contributed by atoms with van der Waals surface area (Å²) in [5.74, 6) is 2.37. The van der Waals surface area contributed by atoms with E-state index >= 15 is 0 Å². The minimum atomic E-state index is 0.295. The second kappa shape index (κ2) is 8.20. The van der Waals surface area contributed by atoms with Crippen LogP contribution in [0.5, 0.6) is 5.75 Å². The van der Waals surface area contributed by atoms with Crippen LogP contribution in [0.25, 0.3) is 22.4 Å². The molecule has 4 aromatic rings. The molecule has 3 aromatic heterocycles. The quantitative estimate of drug-likeness (QED) is 0.499. The van der Waals surface area contributed by atoms with Gasteiger partial charge in [0, 0.05) is 30.2 Å². The van der Waals surface area contributed by atoms with Crippen molar-refractivity contribution in [3.05, 3.63) is 66.4 Å². The Morgan fingerprint density at radius 3 is 2.77 bits per heavy atom. The van der Waals surface area contributed by atoms with Crippen molar-refractivity contribution in [2.45, 2.75) is 25.3 Å². The van der Waals surface area contributed by atoms with Crippen molar-refractivity contribution >= 4 is 10.9 Å². The molecule has 0 atom stereocenters. The summed E-state index contributed by atoms with van der Waals surface area (Å²) in [5, 5.41) is 9.59. The molecule has 0 amide bonds. The van der Waals surface area contributed by atoms with E-state index in [0.717, 1.165) is 66.3 Å². The second-order valence-corrected chi connectivity index (χ2v) is 7.57. The second-order valence-electron chi connectivity index (χ2n) is 7.57. The first-order valence-corrected chi connectivity index (χ1v) is 10.2. The van der Waals surface area contributed by atoms with Crippen LogP contribution in [0.15, 0.2) is 59.3 Å². The number of piperidine rings is 1. The molecule has 7 heteroatoms. The zero-order valence-electron chi connectivity index (χ0n) is 16.9. The Kier molecular flexibility index (Phi) is 5.11. The van der Waals surface area contributed by atoms with Gasteiger partial charge in [-0.1, -0.05) is 18.2 Å². The molecule has 30 heavy (non-hydrogen) atoms. The van der Waals surface area contributed by atoms with Gasteiger partial charge < -0.3 is 9.15 Å². The third-order valence-corrected chi connectivity index (χ3v) is 5.63. The molecular formula is C23H23N5O2. The predicted octanol–water partition coefficient (Wildman–Crippen LogP) is 4.07. The topological polar surface area (TPSA) is 77.2 Å². The van der Waals surface area contributed by atoms with E-state index in [-0.39, 0.29) is 0 Å². The van der Waals surface area contributed by atoms with Crippen molar-refractivity contribution in [3.8, 4) is 17.2 Å². The number of para-hydroxylation sites is 1. The van der Waals surface area contributed by atoms with Gasteiger partial charge in [0.15, 0.2) is 0 Å². The summed E-state index contributed by atoms with van der Waals surface area (Å²) in [6, 6.07) is 14.0. The number of fused-ring (bicyclic) bond motifs is 1. The molecule has 1 aliphatic rings. The number of nitrogens with zero attached hydrogens (tertiary/aromatic N) is 5. The van der Waals surface area contributed by atoms with Crippen LogP contribution >= 0.6 is 0 Å². The lowest BCUT2D eigenvalue weighted by Crippen LogP contribution is -2.32. The highest BCUT2D eigenvalue weighted by atomic mass is 16.5. The van der Waals surface area contributed by atoms with Crippen molar-refractivity contribution < 1.29 is 9.15 Å². The van der Waals surface area contributed by atoms with Crippen molar-refractivity contribution in [1.29, 1.82) is 0 Å². The molecule has 0 radical (unpaired) electrons. The third-order valence-electron chi connectivity index (χ3n) is 5.63. The third kappa shape index (κ3) is 3.76. The van der Waals surface area contributed by atoms with Gasteiger partial charge in [-0.05, 0) is 50.2 Å². The van der Waals surface area contributed by atoms with E-state index < -0.39 is 0 Å². The summed E-state index contributed by atoms with van der Waals surface area (Å²) in [4.78, 5) is 11.4. The van der Waals surface area contributed by atoms with E-state index in [2.05, 4.69) is 38.3 Å². The Hall–Kier alpha value is -3.32. The Balaban J connectivity index is 1.23. The lowest BCUT2D eigenvalue weighted by atomic mass is 9.96. The summed E-state index contributed by atoms with van der Waals surface area (Å²) < 4.78 is 11.4. The van der Waals surface area contributed by atoms with Gasteiger partial charge in [0.2, 0.25) is 11.8 Å². The molecule has 0 aliphatic carbocycles. The van der Waals surface area contributed by atoms with Crippen LogP contribution in [0.3, 0.4) is 0 Å². The standard InChI is InChI=1S/C23H23N5O2/c1-29-20-6-2-4-16-7-8-19(25-21(16)20)15-28-12-9-17(10-13-28)22-26-27-23(30-22)18-5-3-11-24-14-18/h2-8,11,14,17H,9-10,12-13,15H2,1H3. The van der Waals surface area contributed by atoms with Gasteiger partial charge in [-0.2, -0.15) is 0 Å². The van der Waals surface area contributed by atoms with Crippen molar-refractivity contribution in [3.63, 3.8) is 0 Å². The van der Waals surface area contributed by atoms with Crippen molar-refractivity contribution in [2.24, 2.45) is 0 Å². The lowest BCUT2D eigenvalue weighted by Gasteiger charge is -2.30. The largest absolute Gasteiger partial charge is 0.494 e. The van der Waals surface area contributed by atoms with Crippen LogP contribution in [0.4, 0.5) is 0 Å². The molecule has 0 N–H and O–H groups in total. The molecule has 7 nitrogen and oxygen atoms in total. The fourth-order valence-corrected chi connectivity index (χ4v) is 3.99. The van der Waals surface area contributed by atoms with Gasteiger partial charge in [0.05, 0.1) is 18.4 Å². The van der Waals surface area contributed by atoms with Gasteiger partial charge in [-0.3, -0.25) is 9.88 Å².